The molecule has 0 fully saturated rings. The molecule has 11 rings (SSSR count). The molecular weight excluding hydrogens is 635 g/mol. The zero-order valence-corrected chi connectivity index (χ0v) is 28.0. The second-order valence-electron chi connectivity index (χ2n) is 13.7. The van der Waals surface area contributed by atoms with Gasteiger partial charge in [0.05, 0.1) is 0 Å². The summed E-state index contributed by atoms with van der Waals surface area (Å²) in [6.45, 7) is 0.00748. The van der Waals surface area contributed by atoms with Gasteiger partial charge in [-0.2, -0.15) is 0 Å². The van der Waals surface area contributed by atoms with Crippen molar-refractivity contribution in [2.75, 3.05) is 0 Å². The Morgan fingerprint density at radius 1 is 0.231 bits per heavy atom. The molecule has 0 saturated carbocycles. The van der Waals surface area contributed by atoms with Crippen molar-refractivity contribution in [1.29, 1.82) is 0 Å². The first-order valence-corrected chi connectivity index (χ1v) is 17.7. The summed E-state index contributed by atoms with van der Waals surface area (Å²) in [5, 5.41) is 0. The van der Waals surface area contributed by atoms with E-state index in [0.29, 0.717) is 0 Å². The van der Waals surface area contributed by atoms with Gasteiger partial charge in [-0.1, -0.05) is 115 Å². The summed E-state index contributed by atoms with van der Waals surface area (Å²) in [5.74, 6) is 5.00. The number of ether oxygens (including phenoxy) is 3. The summed E-state index contributed by atoms with van der Waals surface area (Å²) in [6, 6.07) is 62.1. The van der Waals surface area contributed by atoms with Gasteiger partial charge in [0.15, 0.2) is 0 Å². The van der Waals surface area contributed by atoms with E-state index in [1.807, 2.05) is 36.4 Å². The molecule has 0 aliphatic carbocycles. The molecule has 0 bridgehead atoms. The van der Waals surface area contributed by atoms with Crippen LogP contribution in [0, 0.1) is 0 Å². The molecule has 4 heteroatoms. The molecule has 3 nitrogen and oxygen atoms in total. The van der Waals surface area contributed by atoms with Crippen LogP contribution in [-0.4, -0.2) is 6.71 Å². The lowest BCUT2D eigenvalue weighted by Crippen LogP contribution is -2.59. The zero-order chi connectivity index (χ0) is 34.2. The van der Waals surface area contributed by atoms with Crippen molar-refractivity contribution in [2.24, 2.45) is 0 Å². The van der Waals surface area contributed by atoms with Crippen molar-refractivity contribution in [3.05, 3.63) is 176 Å². The largest absolute Gasteiger partial charge is 0.458 e. The third-order valence-corrected chi connectivity index (χ3v) is 10.6. The normalized spacial score (nSPS) is 12.7. The number of benzene rings is 8. The summed E-state index contributed by atoms with van der Waals surface area (Å²) in [7, 11) is 0. The molecule has 242 valence electrons. The van der Waals surface area contributed by atoms with E-state index in [1.165, 1.54) is 33.4 Å². The van der Waals surface area contributed by atoms with Crippen molar-refractivity contribution in [2.45, 2.75) is 0 Å². The zero-order valence-electron chi connectivity index (χ0n) is 28.0. The van der Waals surface area contributed by atoms with Gasteiger partial charge in [-0.25, -0.2) is 0 Å². The topological polar surface area (TPSA) is 27.7 Å². The molecule has 0 radical (unpaired) electrons. The summed E-state index contributed by atoms with van der Waals surface area (Å²) >= 11 is 0. The van der Waals surface area contributed by atoms with Crippen LogP contribution in [0.15, 0.2) is 176 Å². The van der Waals surface area contributed by atoms with E-state index >= 15 is 0 Å². The highest BCUT2D eigenvalue weighted by Gasteiger charge is 2.46. The van der Waals surface area contributed by atoms with Crippen LogP contribution in [0.2, 0.25) is 0 Å². The van der Waals surface area contributed by atoms with Crippen molar-refractivity contribution >= 4 is 23.1 Å². The lowest BCUT2D eigenvalue weighted by molar-refractivity contribution is 0.443. The van der Waals surface area contributed by atoms with Crippen molar-refractivity contribution in [1.82, 2.24) is 0 Å². The number of hydrogen-bond acceptors (Lipinski definition) is 3. The smallest absolute Gasteiger partial charge is 0.270 e. The minimum Gasteiger partial charge on any atom is -0.458 e. The highest BCUT2D eigenvalue weighted by atomic mass is 16.5. The van der Waals surface area contributed by atoms with E-state index in [0.717, 1.165) is 73.1 Å². The maximum Gasteiger partial charge on any atom is 0.270 e. The minimum atomic E-state index is 0.00748. The Kier molecular flexibility index (Phi) is 6.35. The van der Waals surface area contributed by atoms with Crippen LogP contribution in [0.1, 0.15) is 0 Å². The molecule has 0 N–H and O–H groups in total. The fourth-order valence-electron chi connectivity index (χ4n) is 8.13. The summed E-state index contributed by atoms with van der Waals surface area (Å²) in [6.07, 6.45) is 0. The van der Waals surface area contributed by atoms with E-state index < -0.39 is 0 Å². The standard InChI is InChI=1S/C48H29BO3/c1-2-10-30(11-3-1)31-12-4-13-32(24-31)33-14-5-15-34(25-33)35-16-6-17-36(26-35)37-18-7-19-38(27-37)39-28-44-48-45(29-39)52-43-23-9-21-41-47(43)49(48)46-40(50-41)20-8-22-42(46)51-44/h1-29H. The van der Waals surface area contributed by atoms with E-state index in [1.54, 1.807) is 0 Å². The van der Waals surface area contributed by atoms with Gasteiger partial charge in [0.1, 0.15) is 34.5 Å². The van der Waals surface area contributed by atoms with Crippen LogP contribution < -0.4 is 30.6 Å². The van der Waals surface area contributed by atoms with E-state index in [2.05, 4.69) is 140 Å². The lowest BCUT2D eigenvalue weighted by atomic mass is 9.34. The number of hydrogen-bond donors (Lipinski definition) is 0. The molecule has 0 aromatic heterocycles. The second-order valence-corrected chi connectivity index (χ2v) is 13.7. The third kappa shape index (κ3) is 4.62. The molecule has 0 saturated heterocycles. The monoisotopic (exact) mass is 664 g/mol. The van der Waals surface area contributed by atoms with Gasteiger partial charge in [0.25, 0.3) is 6.71 Å². The number of rotatable bonds is 5. The van der Waals surface area contributed by atoms with Crippen LogP contribution in [0.25, 0.3) is 55.6 Å². The maximum atomic E-state index is 6.60. The Morgan fingerprint density at radius 2 is 0.519 bits per heavy atom. The molecule has 3 aliphatic rings. The summed E-state index contributed by atoms with van der Waals surface area (Å²) < 4.78 is 19.5. The van der Waals surface area contributed by atoms with E-state index in [-0.39, 0.29) is 6.71 Å². The van der Waals surface area contributed by atoms with Gasteiger partial charge >= 0.3 is 0 Å². The quantitative estimate of drug-likeness (QED) is 0.171. The average molecular weight is 665 g/mol. The fraction of sp³-hybridized carbons (Fsp3) is 0. The van der Waals surface area contributed by atoms with E-state index in [4.69, 9.17) is 14.2 Å². The Bertz CT molecular complexity index is 2660. The first-order chi connectivity index (χ1) is 25.7. The van der Waals surface area contributed by atoms with Crippen molar-refractivity contribution < 1.29 is 14.2 Å². The van der Waals surface area contributed by atoms with Gasteiger partial charge < -0.3 is 14.2 Å². The van der Waals surface area contributed by atoms with Crippen LogP contribution in [0.3, 0.4) is 0 Å². The average Bonchev–Trinajstić information content (AvgIpc) is 3.21. The molecule has 0 atom stereocenters. The van der Waals surface area contributed by atoms with E-state index in [9.17, 15) is 0 Å². The highest BCUT2D eigenvalue weighted by molar-refractivity contribution is 6.99. The molecule has 8 aromatic rings. The molecular formula is C48H29BO3. The maximum absolute atomic E-state index is 6.60. The molecule has 0 amide bonds. The van der Waals surface area contributed by atoms with Crippen LogP contribution in [-0.2, 0) is 0 Å². The van der Waals surface area contributed by atoms with Gasteiger partial charge in [-0.05, 0) is 116 Å². The van der Waals surface area contributed by atoms with Gasteiger partial charge in [-0.15, -0.1) is 0 Å². The lowest BCUT2D eigenvalue weighted by Gasteiger charge is -2.37. The summed E-state index contributed by atoms with van der Waals surface area (Å²) in [5.41, 5.74) is 14.8. The molecule has 0 spiro atoms. The Labute approximate surface area is 302 Å². The Balaban J connectivity index is 0.945. The Morgan fingerprint density at radius 3 is 0.923 bits per heavy atom. The summed E-state index contributed by atoms with van der Waals surface area (Å²) in [4.78, 5) is 0. The van der Waals surface area contributed by atoms with Crippen molar-refractivity contribution in [3.63, 3.8) is 0 Å². The van der Waals surface area contributed by atoms with Crippen LogP contribution >= 0.6 is 0 Å². The van der Waals surface area contributed by atoms with Crippen LogP contribution in [0.5, 0.6) is 34.5 Å². The highest BCUT2D eigenvalue weighted by Crippen LogP contribution is 2.43. The second kappa shape index (κ2) is 11.4. The SMILES string of the molecule is c1ccc(-c2cccc(-c3cccc(-c4cccc(-c5cccc(-c6cc7c8c(c6)Oc6cccc9c6B8c6c(cccc6O7)O9)c5)c4)c3)c2)cc1. The Hall–Kier alpha value is -6.78. The fourth-order valence-corrected chi connectivity index (χ4v) is 8.13. The first-order valence-electron chi connectivity index (χ1n) is 17.7. The molecule has 52 heavy (non-hydrogen) atoms. The predicted molar refractivity (Wildman–Crippen MR) is 211 cm³/mol. The van der Waals surface area contributed by atoms with Gasteiger partial charge in [0.2, 0.25) is 0 Å². The minimum absolute atomic E-state index is 0.00748. The first kappa shape index (κ1) is 29.0. The predicted octanol–water partition coefficient (Wildman–Crippen LogP) is 10.9. The van der Waals surface area contributed by atoms with Crippen LogP contribution in [0.4, 0.5) is 0 Å². The third-order valence-electron chi connectivity index (χ3n) is 10.6. The van der Waals surface area contributed by atoms with Crippen molar-refractivity contribution in [3.8, 4) is 90.1 Å². The molecule has 3 heterocycles. The van der Waals surface area contributed by atoms with Gasteiger partial charge in [0, 0.05) is 16.4 Å². The van der Waals surface area contributed by atoms with Gasteiger partial charge in [-0.3, -0.25) is 0 Å². The molecule has 0 unspecified atom stereocenters. The molecule has 3 aliphatic heterocycles. The molecule has 8 aromatic carbocycles.